The number of anilines is 1. The van der Waals surface area contributed by atoms with Crippen molar-refractivity contribution in [2.45, 2.75) is 37.5 Å². The highest BCUT2D eigenvalue weighted by Gasteiger charge is 2.55. The van der Waals surface area contributed by atoms with Crippen LogP contribution in [-0.2, 0) is 16.0 Å². The van der Waals surface area contributed by atoms with Crippen LogP contribution in [0.15, 0.2) is 4.79 Å². The Labute approximate surface area is 133 Å². The van der Waals surface area contributed by atoms with Crippen LogP contribution in [0.25, 0.3) is 0 Å². The number of carbonyl (C=O) groups is 1. The minimum absolute atomic E-state index is 0.0289. The Kier molecular flexibility index (Phi) is 4.31. The Morgan fingerprint density at radius 1 is 1.48 bits per heavy atom. The van der Waals surface area contributed by atoms with Crippen LogP contribution < -0.4 is 16.6 Å². The van der Waals surface area contributed by atoms with E-state index in [9.17, 15) is 9.59 Å². The number of aromatic nitrogens is 3. The molecule has 1 aliphatic carbocycles. The van der Waals surface area contributed by atoms with Gasteiger partial charge in [0.05, 0.1) is 18.2 Å². The minimum atomic E-state index is -0.399. The van der Waals surface area contributed by atoms with Gasteiger partial charge in [0, 0.05) is 25.4 Å². The lowest BCUT2D eigenvalue weighted by molar-refractivity contribution is -0.128. The molecule has 0 radical (unpaired) electrons. The van der Waals surface area contributed by atoms with Crippen molar-refractivity contribution in [3.05, 3.63) is 16.0 Å². The third kappa shape index (κ3) is 3.06. The molecule has 9 nitrogen and oxygen atoms in total. The molecule has 0 aromatic carbocycles. The number of nitrogens with zero attached hydrogens (tertiary/aromatic N) is 3. The monoisotopic (exact) mass is 322 g/mol. The van der Waals surface area contributed by atoms with Crippen molar-refractivity contribution in [3.63, 3.8) is 0 Å². The van der Waals surface area contributed by atoms with Crippen LogP contribution in [0, 0.1) is 5.92 Å². The quantitative estimate of drug-likeness (QED) is 0.603. The second kappa shape index (κ2) is 6.25. The average Bonchev–Trinajstić information content (AvgIpc) is 2.87. The molecule has 2 aliphatic rings. The number of aromatic amines is 1. The van der Waals surface area contributed by atoms with Crippen molar-refractivity contribution in [1.82, 2.24) is 25.4 Å². The number of nitrogens with two attached hydrogens (primary N) is 1. The molecule has 4 N–H and O–H groups in total. The predicted octanol–water partition coefficient (Wildman–Crippen LogP) is -1.49. The predicted molar refractivity (Wildman–Crippen MR) is 82.6 cm³/mol. The molecule has 1 aromatic rings. The highest BCUT2D eigenvalue weighted by Crippen LogP contribution is 2.41. The van der Waals surface area contributed by atoms with Gasteiger partial charge in [0.25, 0.3) is 5.56 Å². The van der Waals surface area contributed by atoms with Crippen LogP contribution in [0.4, 0.5) is 5.95 Å². The van der Waals surface area contributed by atoms with E-state index >= 15 is 0 Å². The van der Waals surface area contributed by atoms with Gasteiger partial charge in [-0.05, 0) is 20.5 Å². The molecule has 1 saturated carbocycles. The molecule has 126 valence electrons. The van der Waals surface area contributed by atoms with Crippen molar-refractivity contribution in [2.24, 2.45) is 5.92 Å². The highest BCUT2D eigenvalue weighted by molar-refractivity contribution is 5.76. The summed E-state index contributed by atoms with van der Waals surface area (Å²) in [6.45, 7) is 0.752. The van der Waals surface area contributed by atoms with Gasteiger partial charge < -0.3 is 20.7 Å². The van der Waals surface area contributed by atoms with Gasteiger partial charge in [-0.15, -0.1) is 10.2 Å². The Hall–Kier alpha value is -2.00. The number of hydrogen-bond acceptors (Lipinski definition) is 7. The Bertz CT molecular complexity index is 646. The summed E-state index contributed by atoms with van der Waals surface area (Å²) in [5.74, 6) is 0.259. The maximum absolute atomic E-state index is 12.2. The molecule has 0 spiro atoms. The molecular weight excluding hydrogens is 300 g/mol. The molecule has 2 fully saturated rings. The maximum Gasteiger partial charge on any atom is 0.274 e. The number of rotatable bonds is 5. The number of aryl methyl sites for hydroxylation is 1. The van der Waals surface area contributed by atoms with Crippen molar-refractivity contribution < 1.29 is 9.53 Å². The van der Waals surface area contributed by atoms with E-state index in [1.54, 1.807) is 0 Å². The van der Waals surface area contributed by atoms with E-state index in [1.165, 1.54) is 0 Å². The molecule has 4 atom stereocenters. The first-order chi connectivity index (χ1) is 11.0. The van der Waals surface area contributed by atoms with Gasteiger partial charge in [-0.3, -0.25) is 14.6 Å². The number of nitrogen functional groups attached to an aromatic ring is 1. The van der Waals surface area contributed by atoms with E-state index in [2.05, 4.69) is 25.4 Å². The number of fused-ring (bicyclic) bond motifs is 1. The smallest absolute Gasteiger partial charge is 0.274 e. The summed E-state index contributed by atoms with van der Waals surface area (Å²) in [7, 11) is 3.98. The lowest BCUT2D eigenvalue weighted by Gasteiger charge is -2.50. The first-order valence-electron chi connectivity index (χ1n) is 7.76. The Balaban J connectivity index is 1.56. The van der Waals surface area contributed by atoms with Gasteiger partial charge in [-0.25, -0.2) is 0 Å². The van der Waals surface area contributed by atoms with Crippen LogP contribution in [0.2, 0.25) is 0 Å². The molecule has 1 aliphatic heterocycles. The Morgan fingerprint density at radius 2 is 2.26 bits per heavy atom. The average molecular weight is 322 g/mol. The molecule has 0 bridgehead atoms. The maximum atomic E-state index is 12.2. The SMILES string of the molecule is CN(C)[C@H]1[C@H](NC(=O)CCc2nnc(N)[nH]c2=O)[C@@H]2CCO[C@@H]21. The topological polar surface area (TPSA) is 126 Å². The summed E-state index contributed by atoms with van der Waals surface area (Å²) in [5, 5.41) is 10.4. The summed E-state index contributed by atoms with van der Waals surface area (Å²) < 4.78 is 5.73. The number of nitrogens with one attached hydrogen (secondary N) is 2. The normalized spacial score (nSPS) is 29.2. The molecular formula is C14H22N6O3. The largest absolute Gasteiger partial charge is 0.376 e. The number of carbonyl (C=O) groups excluding carboxylic acids is 1. The van der Waals surface area contributed by atoms with Gasteiger partial charge in [0.1, 0.15) is 5.69 Å². The first-order valence-corrected chi connectivity index (χ1v) is 7.76. The van der Waals surface area contributed by atoms with Crippen molar-refractivity contribution in [1.29, 1.82) is 0 Å². The fourth-order valence-corrected chi connectivity index (χ4v) is 3.51. The summed E-state index contributed by atoms with van der Waals surface area (Å²) >= 11 is 0. The Morgan fingerprint density at radius 3 is 2.96 bits per heavy atom. The van der Waals surface area contributed by atoms with Gasteiger partial charge in [0.2, 0.25) is 11.9 Å². The summed E-state index contributed by atoms with van der Waals surface area (Å²) in [4.78, 5) is 28.3. The van der Waals surface area contributed by atoms with Crippen molar-refractivity contribution in [3.8, 4) is 0 Å². The van der Waals surface area contributed by atoms with Crippen molar-refractivity contribution >= 4 is 11.9 Å². The van der Waals surface area contributed by atoms with E-state index in [0.29, 0.717) is 5.92 Å². The van der Waals surface area contributed by atoms with Gasteiger partial charge in [0.15, 0.2) is 0 Å². The van der Waals surface area contributed by atoms with Crippen LogP contribution in [0.5, 0.6) is 0 Å². The van der Waals surface area contributed by atoms with Crippen LogP contribution in [0.3, 0.4) is 0 Å². The third-order valence-corrected chi connectivity index (χ3v) is 4.64. The summed E-state index contributed by atoms with van der Waals surface area (Å²) in [6.07, 6.45) is 1.61. The number of amides is 1. The molecule has 9 heteroatoms. The zero-order chi connectivity index (χ0) is 16.6. The molecule has 23 heavy (non-hydrogen) atoms. The third-order valence-electron chi connectivity index (χ3n) is 4.64. The van der Waals surface area contributed by atoms with Crippen LogP contribution >= 0.6 is 0 Å². The zero-order valence-electron chi connectivity index (χ0n) is 13.3. The van der Waals surface area contributed by atoms with E-state index in [0.717, 1.165) is 13.0 Å². The molecule has 1 aromatic heterocycles. The number of H-pyrrole nitrogens is 1. The molecule has 0 unspecified atom stereocenters. The van der Waals surface area contributed by atoms with E-state index in [4.69, 9.17) is 10.5 Å². The van der Waals surface area contributed by atoms with E-state index in [1.807, 2.05) is 14.1 Å². The van der Waals surface area contributed by atoms with Crippen molar-refractivity contribution in [2.75, 3.05) is 26.4 Å². The van der Waals surface area contributed by atoms with Gasteiger partial charge in [-0.2, -0.15) is 0 Å². The number of ether oxygens (including phenoxy) is 1. The molecule has 1 amide bonds. The van der Waals surface area contributed by atoms with Gasteiger partial charge in [-0.1, -0.05) is 0 Å². The molecule has 2 heterocycles. The first kappa shape index (κ1) is 15.9. The lowest BCUT2D eigenvalue weighted by Crippen LogP contribution is -2.69. The fourth-order valence-electron chi connectivity index (χ4n) is 3.51. The molecule has 3 rings (SSSR count). The lowest BCUT2D eigenvalue weighted by atomic mass is 9.71. The highest BCUT2D eigenvalue weighted by atomic mass is 16.5. The number of likely N-dealkylation sites (N-methyl/N-ethyl adjacent to an activating group) is 1. The van der Waals surface area contributed by atoms with E-state index < -0.39 is 5.56 Å². The second-order valence-electron chi connectivity index (χ2n) is 6.32. The van der Waals surface area contributed by atoms with Gasteiger partial charge >= 0.3 is 0 Å². The second-order valence-corrected chi connectivity index (χ2v) is 6.32. The zero-order valence-corrected chi connectivity index (χ0v) is 13.3. The summed E-state index contributed by atoms with van der Waals surface area (Å²) in [6, 6.07) is 0.298. The fraction of sp³-hybridized carbons (Fsp3) is 0.714. The summed E-state index contributed by atoms with van der Waals surface area (Å²) in [5.41, 5.74) is 5.16. The van der Waals surface area contributed by atoms with Crippen LogP contribution in [0.1, 0.15) is 18.5 Å². The standard InChI is InChI=1S/C14H22N6O3/c1-20(2)11-10(7-5-6-23-12(7)11)16-9(21)4-3-8-13(22)17-14(15)19-18-8/h7,10-12H,3-6H2,1-2H3,(H,16,21)(H3,15,17,19,22)/t7-,10+,11-,12-/m0/s1. The van der Waals surface area contributed by atoms with E-state index in [-0.39, 0.29) is 48.6 Å². The molecule has 1 saturated heterocycles. The van der Waals surface area contributed by atoms with Crippen LogP contribution in [-0.4, -0.2) is 64.9 Å². The number of hydrogen-bond donors (Lipinski definition) is 3. The minimum Gasteiger partial charge on any atom is -0.376 e.